The molecule has 0 heterocycles. The molecule has 0 bridgehead atoms. The van der Waals surface area contributed by atoms with E-state index in [0.29, 0.717) is 0 Å². The van der Waals surface area contributed by atoms with Crippen molar-refractivity contribution in [1.29, 1.82) is 0 Å². The zero-order valence-electron chi connectivity index (χ0n) is 5.07. The van der Waals surface area contributed by atoms with E-state index >= 15 is 0 Å². The molecule has 1 nitrogen and oxygen atoms in total. The summed E-state index contributed by atoms with van der Waals surface area (Å²) >= 11 is 0. The van der Waals surface area contributed by atoms with Crippen LogP contribution in [0.15, 0.2) is 0 Å². The standard InChI is InChI=1S/C6H13N/c1-3-6(7)4-5(6)2/h5H,3-4,7H2,1-2H3. The van der Waals surface area contributed by atoms with Crippen molar-refractivity contribution in [2.45, 2.75) is 32.2 Å². The van der Waals surface area contributed by atoms with Gasteiger partial charge < -0.3 is 5.73 Å². The third-order valence-electron chi connectivity index (χ3n) is 2.17. The number of nitrogens with two attached hydrogens (primary N) is 1. The maximum absolute atomic E-state index is 5.79. The summed E-state index contributed by atoms with van der Waals surface area (Å²) < 4.78 is 0. The van der Waals surface area contributed by atoms with Gasteiger partial charge in [-0.3, -0.25) is 0 Å². The zero-order chi connectivity index (χ0) is 5.49. The highest BCUT2D eigenvalue weighted by molar-refractivity contribution is 5.03. The molecule has 1 aliphatic rings. The van der Waals surface area contributed by atoms with Crippen LogP contribution in [0.4, 0.5) is 0 Å². The Labute approximate surface area is 44.9 Å². The van der Waals surface area contributed by atoms with Gasteiger partial charge >= 0.3 is 0 Å². The van der Waals surface area contributed by atoms with Crippen molar-refractivity contribution in [3.05, 3.63) is 0 Å². The minimum absolute atomic E-state index is 0.250. The molecule has 0 aliphatic heterocycles. The third-order valence-corrected chi connectivity index (χ3v) is 2.17. The summed E-state index contributed by atoms with van der Waals surface area (Å²) in [7, 11) is 0. The second-order valence-electron chi connectivity index (χ2n) is 2.69. The van der Waals surface area contributed by atoms with Crippen LogP contribution in [0.3, 0.4) is 0 Å². The zero-order valence-corrected chi connectivity index (χ0v) is 5.07. The van der Waals surface area contributed by atoms with Crippen molar-refractivity contribution in [3.8, 4) is 0 Å². The number of rotatable bonds is 1. The van der Waals surface area contributed by atoms with E-state index in [1.54, 1.807) is 0 Å². The molecule has 1 rings (SSSR count). The molecule has 0 spiro atoms. The predicted octanol–water partition coefficient (Wildman–Crippen LogP) is 1.13. The van der Waals surface area contributed by atoms with E-state index in [1.165, 1.54) is 6.42 Å². The molecule has 7 heavy (non-hydrogen) atoms. The van der Waals surface area contributed by atoms with Crippen LogP contribution in [0.5, 0.6) is 0 Å². The van der Waals surface area contributed by atoms with E-state index < -0.39 is 0 Å². The van der Waals surface area contributed by atoms with Gasteiger partial charge in [-0.1, -0.05) is 13.8 Å². The minimum atomic E-state index is 0.250. The van der Waals surface area contributed by atoms with Crippen LogP contribution in [0.1, 0.15) is 26.7 Å². The van der Waals surface area contributed by atoms with E-state index in [0.717, 1.165) is 12.3 Å². The Bertz CT molecular complexity index is 76.2. The van der Waals surface area contributed by atoms with Gasteiger partial charge in [-0.25, -0.2) is 0 Å². The van der Waals surface area contributed by atoms with Gasteiger partial charge in [-0.15, -0.1) is 0 Å². The molecule has 1 fully saturated rings. The fourth-order valence-electron chi connectivity index (χ4n) is 1.00. The third kappa shape index (κ3) is 0.653. The Kier molecular flexibility index (Phi) is 0.890. The molecule has 2 atom stereocenters. The van der Waals surface area contributed by atoms with E-state index in [-0.39, 0.29) is 5.54 Å². The van der Waals surface area contributed by atoms with Gasteiger partial charge in [0.1, 0.15) is 0 Å². The first kappa shape index (κ1) is 5.10. The van der Waals surface area contributed by atoms with Gasteiger partial charge in [0.2, 0.25) is 0 Å². The summed E-state index contributed by atoms with van der Waals surface area (Å²) in [5.74, 6) is 0.789. The van der Waals surface area contributed by atoms with Crippen LogP contribution in [-0.2, 0) is 0 Å². The Morgan fingerprint density at radius 2 is 2.29 bits per heavy atom. The van der Waals surface area contributed by atoms with Crippen molar-refractivity contribution in [2.75, 3.05) is 0 Å². The van der Waals surface area contributed by atoms with Crippen molar-refractivity contribution < 1.29 is 0 Å². The summed E-state index contributed by atoms with van der Waals surface area (Å²) in [5, 5.41) is 0. The predicted molar refractivity (Wildman–Crippen MR) is 31.0 cm³/mol. The lowest BCUT2D eigenvalue weighted by Crippen LogP contribution is -2.22. The SMILES string of the molecule is CCC1(N)CC1C. The van der Waals surface area contributed by atoms with Crippen LogP contribution in [-0.4, -0.2) is 5.54 Å². The van der Waals surface area contributed by atoms with Crippen molar-refractivity contribution >= 4 is 0 Å². The average Bonchev–Trinajstić information content (AvgIpc) is 2.18. The van der Waals surface area contributed by atoms with E-state index in [2.05, 4.69) is 13.8 Å². The molecular formula is C6H13N. The second-order valence-corrected chi connectivity index (χ2v) is 2.69. The molecule has 0 aromatic rings. The largest absolute Gasteiger partial charge is 0.325 e. The van der Waals surface area contributed by atoms with Gasteiger partial charge in [-0.2, -0.15) is 0 Å². The van der Waals surface area contributed by atoms with E-state index in [9.17, 15) is 0 Å². The Morgan fingerprint density at radius 1 is 1.86 bits per heavy atom. The van der Waals surface area contributed by atoms with Gasteiger partial charge in [0, 0.05) is 5.54 Å². The van der Waals surface area contributed by atoms with Crippen molar-refractivity contribution in [1.82, 2.24) is 0 Å². The van der Waals surface area contributed by atoms with E-state index in [1.807, 2.05) is 0 Å². The molecular weight excluding hydrogens is 86.1 g/mol. The molecule has 1 saturated carbocycles. The van der Waals surface area contributed by atoms with Crippen LogP contribution in [0.25, 0.3) is 0 Å². The maximum atomic E-state index is 5.79. The van der Waals surface area contributed by atoms with Crippen LogP contribution >= 0.6 is 0 Å². The van der Waals surface area contributed by atoms with Crippen molar-refractivity contribution in [2.24, 2.45) is 11.7 Å². The van der Waals surface area contributed by atoms with Gasteiger partial charge in [0.05, 0.1) is 0 Å². The normalized spacial score (nSPS) is 49.3. The fourth-order valence-corrected chi connectivity index (χ4v) is 1.00. The maximum Gasteiger partial charge on any atom is 0.0181 e. The summed E-state index contributed by atoms with van der Waals surface area (Å²) in [6.07, 6.45) is 2.39. The Hall–Kier alpha value is -0.0400. The lowest BCUT2D eigenvalue weighted by Gasteiger charge is -2.01. The monoisotopic (exact) mass is 99.1 g/mol. The first-order valence-corrected chi connectivity index (χ1v) is 2.98. The quantitative estimate of drug-likeness (QED) is 0.524. The minimum Gasteiger partial charge on any atom is -0.325 e. The number of hydrogen-bond donors (Lipinski definition) is 1. The second kappa shape index (κ2) is 1.22. The molecule has 0 aromatic carbocycles. The first-order chi connectivity index (χ1) is 3.19. The average molecular weight is 99.2 g/mol. The van der Waals surface area contributed by atoms with Gasteiger partial charge in [0.15, 0.2) is 0 Å². The molecule has 2 N–H and O–H groups in total. The Balaban J connectivity index is 2.36. The summed E-state index contributed by atoms with van der Waals surface area (Å²) in [4.78, 5) is 0. The highest BCUT2D eigenvalue weighted by Gasteiger charge is 2.45. The topological polar surface area (TPSA) is 26.0 Å². The lowest BCUT2D eigenvalue weighted by atomic mass is 10.2. The van der Waals surface area contributed by atoms with Crippen LogP contribution < -0.4 is 5.73 Å². The lowest BCUT2D eigenvalue weighted by molar-refractivity contribution is 0.597. The summed E-state index contributed by atoms with van der Waals surface area (Å²) in [6.45, 7) is 4.37. The van der Waals surface area contributed by atoms with Crippen LogP contribution in [0, 0.1) is 5.92 Å². The molecule has 1 heteroatoms. The first-order valence-electron chi connectivity index (χ1n) is 2.98. The molecule has 2 unspecified atom stereocenters. The molecule has 0 aromatic heterocycles. The number of hydrogen-bond acceptors (Lipinski definition) is 1. The Morgan fingerprint density at radius 3 is 2.29 bits per heavy atom. The molecule has 0 saturated heterocycles. The van der Waals surface area contributed by atoms with Gasteiger partial charge in [-0.05, 0) is 18.8 Å². The molecule has 0 radical (unpaired) electrons. The molecule has 0 amide bonds. The smallest absolute Gasteiger partial charge is 0.0181 e. The highest BCUT2D eigenvalue weighted by atomic mass is 14.8. The molecule has 42 valence electrons. The molecule has 1 aliphatic carbocycles. The summed E-state index contributed by atoms with van der Waals surface area (Å²) in [5.41, 5.74) is 6.04. The van der Waals surface area contributed by atoms with Crippen molar-refractivity contribution in [3.63, 3.8) is 0 Å². The fraction of sp³-hybridized carbons (Fsp3) is 1.00. The highest BCUT2D eigenvalue weighted by Crippen LogP contribution is 2.42. The van der Waals surface area contributed by atoms with Crippen LogP contribution in [0.2, 0.25) is 0 Å². The summed E-state index contributed by atoms with van der Waals surface area (Å²) in [6, 6.07) is 0. The van der Waals surface area contributed by atoms with Gasteiger partial charge in [0.25, 0.3) is 0 Å². The van der Waals surface area contributed by atoms with E-state index in [4.69, 9.17) is 5.73 Å².